The normalized spacial score (nSPS) is 12.4. The van der Waals surface area contributed by atoms with E-state index in [1.54, 1.807) is 0 Å². The van der Waals surface area contributed by atoms with Crippen molar-refractivity contribution in [2.24, 2.45) is 0 Å². The summed E-state index contributed by atoms with van der Waals surface area (Å²) in [4.78, 5) is 0. The van der Waals surface area contributed by atoms with Crippen molar-refractivity contribution in [2.45, 2.75) is 33.2 Å². The molecule has 1 atom stereocenters. The van der Waals surface area contributed by atoms with Crippen LogP contribution >= 0.6 is 15.9 Å². The van der Waals surface area contributed by atoms with E-state index in [-0.39, 0.29) is 0 Å². The molecule has 0 saturated carbocycles. The van der Waals surface area contributed by atoms with Crippen LogP contribution in [-0.4, -0.2) is 6.54 Å². The van der Waals surface area contributed by atoms with Crippen molar-refractivity contribution in [3.8, 4) is 0 Å². The molecule has 0 aliphatic rings. The second-order valence-corrected chi connectivity index (χ2v) is 6.22. The number of aryl methyl sites for hydroxylation is 2. The van der Waals surface area contributed by atoms with Crippen molar-refractivity contribution >= 4 is 15.9 Å². The molecular formula is C18H22BrN. The summed E-state index contributed by atoms with van der Waals surface area (Å²) in [7, 11) is 0. The highest BCUT2D eigenvalue weighted by Crippen LogP contribution is 2.25. The number of rotatable bonds is 5. The molecule has 0 fully saturated rings. The molecule has 0 aliphatic heterocycles. The summed E-state index contributed by atoms with van der Waals surface area (Å²) in [6.07, 6.45) is 1.02. The molecule has 0 aliphatic carbocycles. The lowest BCUT2D eigenvalue weighted by Crippen LogP contribution is -2.23. The molecule has 0 saturated heterocycles. The fraction of sp³-hybridized carbons (Fsp3) is 0.333. The van der Waals surface area contributed by atoms with Gasteiger partial charge in [0.1, 0.15) is 0 Å². The molecule has 0 heterocycles. The second kappa shape index (κ2) is 7.05. The molecule has 2 aromatic carbocycles. The summed E-state index contributed by atoms with van der Waals surface area (Å²) in [6, 6.07) is 15.7. The van der Waals surface area contributed by atoms with Gasteiger partial charge in [0.2, 0.25) is 0 Å². The Kier molecular flexibility index (Phi) is 5.38. The number of hydrogen-bond acceptors (Lipinski definition) is 1. The minimum atomic E-state index is 0.360. The first-order valence-electron chi connectivity index (χ1n) is 7.15. The molecule has 1 unspecified atom stereocenters. The molecule has 20 heavy (non-hydrogen) atoms. The predicted octanol–water partition coefficient (Wildman–Crippen LogP) is 4.96. The first-order chi connectivity index (χ1) is 9.60. The van der Waals surface area contributed by atoms with Gasteiger partial charge in [0.15, 0.2) is 0 Å². The van der Waals surface area contributed by atoms with E-state index in [1.807, 2.05) is 0 Å². The van der Waals surface area contributed by atoms with E-state index in [2.05, 4.69) is 84.5 Å². The van der Waals surface area contributed by atoms with Crippen molar-refractivity contribution in [1.82, 2.24) is 5.32 Å². The van der Waals surface area contributed by atoms with Gasteiger partial charge in [-0.25, -0.2) is 0 Å². The third kappa shape index (κ3) is 3.94. The maximum atomic E-state index is 3.61. The molecule has 0 bridgehead atoms. The van der Waals surface area contributed by atoms with Gasteiger partial charge in [0.05, 0.1) is 0 Å². The zero-order valence-electron chi connectivity index (χ0n) is 12.4. The molecule has 0 aromatic heterocycles. The van der Waals surface area contributed by atoms with Crippen LogP contribution in [0.25, 0.3) is 0 Å². The van der Waals surface area contributed by atoms with Gasteiger partial charge in [-0.3, -0.25) is 0 Å². The fourth-order valence-electron chi connectivity index (χ4n) is 2.60. The smallest absolute Gasteiger partial charge is 0.0363 e. The van der Waals surface area contributed by atoms with Crippen molar-refractivity contribution in [2.75, 3.05) is 6.54 Å². The van der Waals surface area contributed by atoms with E-state index in [0.29, 0.717) is 6.04 Å². The Morgan fingerprint density at radius 2 is 1.90 bits per heavy atom. The molecule has 1 N–H and O–H groups in total. The first kappa shape index (κ1) is 15.3. The van der Waals surface area contributed by atoms with Crippen molar-refractivity contribution < 1.29 is 0 Å². The summed E-state index contributed by atoms with van der Waals surface area (Å²) in [5.41, 5.74) is 5.42. The van der Waals surface area contributed by atoms with Gasteiger partial charge in [-0.05, 0) is 55.6 Å². The number of nitrogens with one attached hydrogen (secondary N) is 1. The maximum Gasteiger partial charge on any atom is 0.0363 e. The van der Waals surface area contributed by atoms with Crippen molar-refractivity contribution in [1.29, 1.82) is 0 Å². The fourth-order valence-corrected chi connectivity index (χ4v) is 2.98. The lowest BCUT2D eigenvalue weighted by atomic mass is 9.95. The molecule has 0 radical (unpaired) electrons. The van der Waals surface area contributed by atoms with Gasteiger partial charge in [0.25, 0.3) is 0 Å². The quantitative estimate of drug-likeness (QED) is 0.816. The van der Waals surface area contributed by atoms with Crippen LogP contribution < -0.4 is 5.32 Å². The number of benzene rings is 2. The van der Waals surface area contributed by atoms with Crippen LogP contribution in [0.1, 0.15) is 35.2 Å². The Morgan fingerprint density at radius 3 is 2.60 bits per heavy atom. The standard InChI is InChI=1S/C18H22BrN/c1-4-20-18(11-15-7-5-6-13(2)10-15)17-12-16(19)9-8-14(17)3/h5-10,12,18,20H,4,11H2,1-3H3. The largest absolute Gasteiger partial charge is 0.310 e. The Bertz CT molecular complexity index is 577. The zero-order valence-corrected chi connectivity index (χ0v) is 14.0. The highest BCUT2D eigenvalue weighted by Gasteiger charge is 2.14. The zero-order chi connectivity index (χ0) is 14.5. The van der Waals surface area contributed by atoms with Crippen LogP contribution in [-0.2, 0) is 6.42 Å². The molecular weight excluding hydrogens is 310 g/mol. The lowest BCUT2D eigenvalue weighted by Gasteiger charge is -2.21. The van der Waals surface area contributed by atoms with E-state index in [4.69, 9.17) is 0 Å². The Balaban J connectivity index is 2.29. The Morgan fingerprint density at radius 1 is 1.10 bits per heavy atom. The van der Waals surface area contributed by atoms with E-state index < -0.39 is 0 Å². The Hall–Kier alpha value is -1.12. The maximum absolute atomic E-state index is 3.61. The van der Waals surface area contributed by atoms with Crippen molar-refractivity contribution in [3.05, 3.63) is 69.2 Å². The van der Waals surface area contributed by atoms with Gasteiger partial charge in [-0.2, -0.15) is 0 Å². The predicted molar refractivity (Wildman–Crippen MR) is 90.2 cm³/mol. The average Bonchev–Trinajstić information content (AvgIpc) is 2.41. The van der Waals surface area contributed by atoms with Crippen LogP contribution in [0.4, 0.5) is 0 Å². The lowest BCUT2D eigenvalue weighted by molar-refractivity contribution is 0.547. The monoisotopic (exact) mass is 331 g/mol. The van der Waals surface area contributed by atoms with Crippen LogP contribution in [0.5, 0.6) is 0 Å². The van der Waals surface area contributed by atoms with Crippen LogP contribution in [0, 0.1) is 13.8 Å². The summed E-state index contributed by atoms with van der Waals surface area (Å²) >= 11 is 3.58. The summed E-state index contributed by atoms with van der Waals surface area (Å²) in [5, 5.41) is 3.61. The van der Waals surface area contributed by atoms with E-state index in [1.165, 1.54) is 22.3 Å². The van der Waals surface area contributed by atoms with E-state index in [9.17, 15) is 0 Å². The topological polar surface area (TPSA) is 12.0 Å². The minimum absolute atomic E-state index is 0.360. The van der Waals surface area contributed by atoms with Gasteiger partial charge >= 0.3 is 0 Å². The first-order valence-corrected chi connectivity index (χ1v) is 7.94. The molecule has 1 nitrogen and oxygen atoms in total. The van der Waals surface area contributed by atoms with Crippen LogP contribution in [0.15, 0.2) is 46.9 Å². The average molecular weight is 332 g/mol. The highest BCUT2D eigenvalue weighted by molar-refractivity contribution is 9.10. The van der Waals surface area contributed by atoms with Crippen LogP contribution in [0.2, 0.25) is 0 Å². The summed E-state index contributed by atoms with van der Waals surface area (Å²) < 4.78 is 1.14. The molecule has 106 valence electrons. The van der Waals surface area contributed by atoms with Gasteiger partial charge < -0.3 is 5.32 Å². The van der Waals surface area contributed by atoms with E-state index >= 15 is 0 Å². The molecule has 2 aromatic rings. The minimum Gasteiger partial charge on any atom is -0.310 e. The van der Waals surface area contributed by atoms with Gasteiger partial charge in [0, 0.05) is 10.5 Å². The number of halogens is 1. The van der Waals surface area contributed by atoms with Crippen molar-refractivity contribution in [3.63, 3.8) is 0 Å². The SMILES string of the molecule is CCNC(Cc1cccc(C)c1)c1cc(Br)ccc1C. The summed E-state index contributed by atoms with van der Waals surface area (Å²) in [6.45, 7) is 7.47. The number of likely N-dealkylation sites (N-methyl/N-ethyl adjacent to an activating group) is 1. The summed E-state index contributed by atoms with van der Waals surface area (Å²) in [5.74, 6) is 0. The van der Waals surface area contributed by atoms with Crippen LogP contribution in [0.3, 0.4) is 0 Å². The third-order valence-corrected chi connectivity index (χ3v) is 4.08. The van der Waals surface area contributed by atoms with Gasteiger partial charge in [-0.1, -0.05) is 58.7 Å². The molecule has 2 rings (SSSR count). The molecule has 2 heteroatoms. The molecule has 0 spiro atoms. The number of hydrogen-bond donors (Lipinski definition) is 1. The molecule has 0 amide bonds. The highest BCUT2D eigenvalue weighted by atomic mass is 79.9. The van der Waals surface area contributed by atoms with Gasteiger partial charge in [-0.15, -0.1) is 0 Å². The second-order valence-electron chi connectivity index (χ2n) is 5.30. The van der Waals surface area contributed by atoms with E-state index in [0.717, 1.165) is 17.4 Å². The third-order valence-electron chi connectivity index (χ3n) is 3.59. The Labute approximate surface area is 130 Å².